The van der Waals surface area contributed by atoms with Gasteiger partial charge < -0.3 is 0 Å². The maximum absolute atomic E-state index is 10.7. The van der Waals surface area contributed by atoms with Gasteiger partial charge in [0.2, 0.25) is 0 Å². The fourth-order valence-corrected chi connectivity index (χ4v) is 3.27. The lowest BCUT2D eigenvalue weighted by atomic mass is 10.4. The summed E-state index contributed by atoms with van der Waals surface area (Å²) in [7, 11) is -3.15. The van der Waals surface area contributed by atoms with Gasteiger partial charge in [-0.25, -0.2) is 8.42 Å². The average molecular weight is 297 g/mol. The number of hydrogen-bond donors (Lipinski definition) is 0. The molecule has 0 aliphatic rings. The monoisotopic (exact) mass is 297 g/mol. The number of benzene rings is 1. The van der Waals surface area contributed by atoms with Gasteiger partial charge in [0.05, 0.1) is 6.26 Å². The first-order valence-corrected chi connectivity index (χ1v) is 7.08. The molecule has 1 aromatic rings. The lowest BCUT2D eigenvalue weighted by molar-refractivity contribution is 0.605. The Bertz CT molecular complexity index is 372. The molecule has 0 saturated carbocycles. The minimum Gasteiger partial charge on any atom is -0.205 e. The molecule has 0 aliphatic carbocycles. The van der Waals surface area contributed by atoms with Crippen molar-refractivity contribution < 1.29 is 8.42 Å². The zero-order valence-corrected chi connectivity index (χ0v) is 9.41. The summed E-state index contributed by atoms with van der Waals surface area (Å²) < 4.78 is 26.0. The van der Waals surface area contributed by atoms with Crippen LogP contribution in [0.15, 0.2) is 32.9 Å². The van der Waals surface area contributed by atoms with Crippen LogP contribution in [-0.2, 0) is 10.0 Å². The third-order valence-corrected chi connectivity index (χ3v) is 5.32. The molecule has 66 valence electrons. The van der Waals surface area contributed by atoms with E-state index in [1.165, 1.54) is 0 Å². The maximum atomic E-state index is 10.7. The van der Waals surface area contributed by atoms with Gasteiger partial charge in [-0.05, 0) is 12.1 Å². The molecule has 0 spiro atoms. The molecular weight excluding hydrogens is 289 g/mol. The first-order chi connectivity index (χ1) is 5.58. The highest BCUT2D eigenvalue weighted by molar-refractivity contribution is 14.2. The first-order valence-electron chi connectivity index (χ1n) is 3.19. The van der Waals surface area contributed by atoms with Crippen molar-refractivity contribution in [1.82, 2.24) is 0 Å². The largest absolute Gasteiger partial charge is 0.254 e. The van der Waals surface area contributed by atoms with Crippen LogP contribution in [0.2, 0.25) is 0 Å². The molecule has 0 heterocycles. The average Bonchev–Trinajstić information content (AvgIpc) is 2.02. The van der Waals surface area contributed by atoms with E-state index >= 15 is 0 Å². The fraction of sp³-hybridized carbons (Fsp3) is 0.143. The van der Waals surface area contributed by atoms with E-state index in [0.29, 0.717) is 0 Å². The molecule has 0 bridgehead atoms. The third kappa shape index (κ3) is 3.91. The van der Waals surface area contributed by atoms with Gasteiger partial charge in [0.25, 0.3) is 10.0 Å². The second-order valence-electron chi connectivity index (χ2n) is 2.18. The molecule has 0 saturated heterocycles. The lowest BCUT2D eigenvalue weighted by Crippen LogP contribution is -1.85. The van der Waals surface area contributed by atoms with Crippen molar-refractivity contribution >= 4 is 31.1 Å². The second-order valence-corrected chi connectivity index (χ2v) is 6.70. The molecule has 12 heavy (non-hydrogen) atoms. The van der Waals surface area contributed by atoms with E-state index in [2.05, 4.69) is 2.55 Å². The summed E-state index contributed by atoms with van der Waals surface area (Å²) in [5.74, 6) is 0. The van der Waals surface area contributed by atoms with E-state index in [-0.39, 0.29) is 0 Å². The summed E-state index contributed by atoms with van der Waals surface area (Å²) in [6.45, 7) is 0. The lowest BCUT2D eigenvalue weighted by Gasteiger charge is -1.87. The van der Waals surface area contributed by atoms with Crippen molar-refractivity contribution in [3.05, 3.63) is 33.9 Å². The summed E-state index contributed by atoms with van der Waals surface area (Å²) in [5.41, 5.74) is 0. The summed E-state index contributed by atoms with van der Waals surface area (Å²) in [6, 6.07) is 9.44. The zero-order chi connectivity index (χ0) is 9.03. The van der Waals surface area contributed by atoms with Crippen molar-refractivity contribution in [3.8, 4) is 0 Å². The Morgan fingerprint density at radius 3 is 2.33 bits per heavy atom. The van der Waals surface area contributed by atoms with E-state index in [4.69, 9.17) is 0 Å². The van der Waals surface area contributed by atoms with E-state index in [9.17, 15) is 8.42 Å². The Kier molecular flexibility index (Phi) is 3.33. The third-order valence-electron chi connectivity index (χ3n) is 0.991. The molecule has 0 radical (unpaired) electrons. The van der Waals surface area contributed by atoms with Crippen LogP contribution in [-0.4, -0.2) is 14.7 Å². The van der Waals surface area contributed by atoms with E-state index < -0.39 is 31.1 Å². The van der Waals surface area contributed by atoms with Gasteiger partial charge in [-0.3, -0.25) is 0 Å². The van der Waals surface area contributed by atoms with Crippen LogP contribution in [0.5, 0.6) is 0 Å². The molecule has 1 rings (SSSR count). The molecule has 5 heteroatoms. The van der Waals surface area contributed by atoms with Crippen molar-refractivity contribution in [2.75, 3.05) is 6.26 Å². The summed E-state index contributed by atoms with van der Waals surface area (Å²) in [6.07, 6.45) is 1.12. The summed E-state index contributed by atoms with van der Waals surface area (Å²) in [5, 5.41) is 0. The van der Waals surface area contributed by atoms with E-state index in [1.54, 1.807) is 0 Å². The molecule has 0 unspecified atom stereocenters. The van der Waals surface area contributed by atoms with Gasteiger partial charge >= 0.3 is 0 Å². The van der Waals surface area contributed by atoms with Crippen molar-refractivity contribution in [2.45, 2.75) is 0 Å². The van der Waals surface area contributed by atoms with Crippen LogP contribution < -0.4 is 0 Å². The number of rotatable bonds is 2. The molecular formula is C7H8INO2S. The maximum Gasteiger partial charge on any atom is 0.254 e. The van der Waals surface area contributed by atoms with Crippen LogP contribution in [0.4, 0.5) is 0 Å². The zero-order valence-electron chi connectivity index (χ0n) is 6.44. The van der Waals surface area contributed by atoms with Gasteiger partial charge in [-0.15, -0.1) is 2.55 Å². The second kappa shape index (κ2) is 4.08. The Labute approximate surface area is 82.0 Å². The number of halogens is 1. The molecule has 0 aliphatic heterocycles. The minimum atomic E-state index is -3.15. The summed E-state index contributed by atoms with van der Waals surface area (Å²) in [4.78, 5) is 0. The van der Waals surface area contributed by atoms with Gasteiger partial charge in [0, 0.05) is 24.6 Å². The van der Waals surface area contributed by atoms with Crippen LogP contribution in [0.25, 0.3) is 0 Å². The molecule has 0 amide bonds. The van der Waals surface area contributed by atoms with Gasteiger partial charge in [0.1, 0.15) is 0 Å². The van der Waals surface area contributed by atoms with Crippen LogP contribution in [0.1, 0.15) is 0 Å². The van der Waals surface area contributed by atoms with Gasteiger partial charge in [-0.1, -0.05) is 18.2 Å². The van der Waals surface area contributed by atoms with Crippen molar-refractivity contribution in [1.29, 1.82) is 0 Å². The predicted molar refractivity (Wildman–Crippen MR) is 56.4 cm³/mol. The highest BCUT2D eigenvalue weighted by atomic mass is 127. The highest BCUT2D eigenvalue weighted by Crippen LogP contribution is 2.14. The molecule has 0 N–H and O–H groups in total. The van der Waals surface area contributed by atoms with Crippen LogP contribution >= 0.6 is 21.0 Å². The Balaban J connectivity index is 2.85. The van der Waals surface area contributed by atoms with Gasteiger partial charge in [-0.2, -0.15) is 0 Å². The smallest absolute Gasteiger partial charge is 0.205 e. The normalized spacial score (nSPS) is 12.8. The first kappa shape index (κ1) is 9.79. The quantitative estimate of drug-likeness (QED) is 0.784. The number of sulfonamides is 1. The predicted octanol–water partition coefficient (Wildman–Crippen LogP) is 1.97. The Morgan fingerprint density at radius 2 is 1.83 bits per heavy atom. The van der Waals surface area contributed by atoms with Crippen molar-refractivity contribution in [2.24, 2.45) is 2.55 Å². The minimum absolute atomic E-state index is 0.726. The van der Waals surface area contributed by atoms with E-state index in [0.717, 1.165) is 9.83 Å². The number of nitrogens with zero attached hydrogens (tertiary/aromatic N) is 1. The number of hydrogen-bond acceptors (Lipinski definition) is 2. The van der Waals surface area contributed by atoms with Crippen LogP contribution in [0.3, 0.4) is 0 Å². The molecule has 0 aromatic heterocycles. The molecule has 0 atom stereocenters. The SMILES string of the molecule is CS(=O)(=O)N=Ic1ccccc1. The van der Waals surface area contributed by atoms with Crippen LogP contribution in [0, 0.1) is 3.57 Å². The van der Waals surface area contributed by atoms with Gasteiger partial charge in [0.15, 0.2) is 0 Å². The topological polar surface area (TPSA) is 46.5 Å². The van der Waals surface area contributed by atoms with Crippen molar-refractivity contribution in [3.63, 3.8) is 0 Å². The molecule has 0 fully saturated rings. The van der Waals surface area contributed by atoms with E-state index in [1.807, 2.05) is 30.3 Å². The molecule has 3 nitrogen and oxygen atoms in total. The Hall–Kier alpha value is -0.300. The molecule has 1 aromatic carbocycles. The fourth-order valence-electron chi connectivity index (χ4n) is 0.574. The highest BCUT2D eigenvalue weighted by Gasteiger charge is 1.93. The summed E-state index contributed by atoms with van der Waals surface area (Å²) >= 11 is -0.726. The Morgan fingerprint density at radius 1 is 1.25 bits per heavy atom. The standard InChI is InChI=1S/C7H8INO2S/c1-12(10,11)9-8-7-5-3-2-4-6-7/h2-6H,1H3.